The second-order valence-corrected chi connectivity index (χ2v) is 9.99. The Labute approximate surface area is 197 Å². The topological polar surface area (TPSA) is 90.0 Å². The van der Waals surface area contributed by atoms with Gasteiger partial charge in [0.1, 0.15) is 12.6 Å². The zero-order chi connectivity index (χ0) is 24.4. The fraction of sp³-hybridized carbons (Fsp3) is 0.417. The maximum atomic E-state index is 13.5. The Morgan fingerprint density at radius 1 is 0.970 bits per heavy atom. The van der Waals surface area contributed by atoms with E-state index in [4.69, 9.17) is 0 Å². The molecule has 0 saturated carbocycles. The Bertz CT molecular complexity index is 998. The molecule has 2 aromatic rings. The van der Waals surface area contributed by atoms with Gasteiger partial charge in [-0.1, -0.05) is 55.5 Å². The lowest BCUT2D eigenvalue weighted by atomic mass is 10.1. The molecule has 0 bridgehead atoms. The van der Waals surface area contributed by atoms with E-state index in [1.807, 2.05) is 37.3 Å². The van der Waals surface area contributed by atoms with Crippen molar-refractivity contribution in [3.8, 4) is 0 Å². The summed E-state index contributed by atoms with van der Waals surface area (Å²) >= 11 is 0. The van der Waals surface area contributed by atoms with Gasteiger partial charge >= 0.3 is 10.2 Å². The van der Waals surface area contributed by atoms with E-state index in [1.165, 1.54) is 19.0 Å². The van der Waals surface area contributed by atoms with Gasteiger partial charge in [0.05, 0.1) is 5.69 Å². The smallest absolute Gasteiger partial charge is 0.304 e. The van der Waals surface area contributed by atoms with E-state index in [1.54, 1.807) is 37.3 Å². The van der Waals surface area contributed by atoms with Crippen molar-refractivity contribution >= 4 is 27.7 Å². The van der Waals surface area contributed by atoms with Crippen LogP contribution in [0.4, 0.5) is 5.69 Å². The molecule has 180 valence electrons. The zero-order valence-electron chi connectivity index (χ0n) is 19.8. The molecule has 33 heavy (non-hydrogen) atoms. The maximum Gasteiger partial charge on any atom is 0.304 e. The van der Waals surface area contributed by atoms with Gasteiger partial charge in [0.25, 0.3) is 0 Å². The van der Waals surface area contributed by atoms with Crippen LogP contribution in [-0.2, 0) is 26.2 Å². The summed E-state index contributed by atoms with van der Waals surface area (Å²) in [6.07, 6.45) is 1.32. The van der Waals surface area contributed by atoms with Gasteiger partial charge in [-0.3, -0.25) is 9.59 Å². The quantitative estimate of drug-likeness (QED) is 0.511. The molecule has 1 N–H and O–H groups in total. The Hall–Kier alpha value is -2.91. The summed E-state index contributed by atoms with van der Waals surface area (Å²) < 4.78 is 28.2. The molecular weight excluding hydrogens is 440 g/mol. The molecule has 8 nitrogen and oxygen atoms in total. The Kier molecular flexibility index (Phi) is 9.87. The first kappa shape index (κ1) is 26.3. The number of hydrogen-bond donors (Lipinski definition) is 1. The summed E-state index contributed by atoms with van der Waals surface area (Å²) in [6, 6.07) is 17.4. The predicted molar refractivity (Wildman–Crippen MR) is 131 cm³/mol. The number of hydrogen-bond acceptors (Lipinski definition) is 4. The van der Waals surface area contributed by atoms with Crippen LogP contribution in [0.1, 0.15) is 25.8 Å². The van der Waals surface area contributed by atoms with Crippen LogP contribution in [0, 0.1) is 0 Å². The normalized spacial score (nSPS) is 12.3. The standard InChI is InChI=1S/C24H34N4O4S/c1-5-17-25-24(30)20(2)27(18-16-21-12-8-6-9-13-21)23(29)19-28(33(31,32)26(3)4)22-14-10-7-11-15-22/h6-15,20H,5,16-19H2,1-4H3,(H,25,30)/t20-/m0/s1. The van der Waals surface area contributed by atoms with Crippen molar-refractivity contribution in [1.29, 1.82) is 0 Å². The summed E-state index contributed by atoms with van der Waals surface area (Å²) in [5, 5.41) is 2.83. The molecular formula is C24H34N4O4S. The summed E-state index contributed by atoms with van der Waals surface area (Å²) in [5.41, 5.74) is 1.41. The zero-order valence-corrected chi connectivity index (χ0v) is 20.6. The van der Waals surface area contributed by atoms with Crippen molar-refractivity contribution in [3.63, 3.8) is 0 Å². The van der Waals surface area contributed by atoms with Crippen molar-refractivity contribution in [2.24, 2.45) is 0 Å². The molecule has 0 unspecified atom stereocenters. The summed E-state index contributed by atoms with van der Waals surface area (Å²) in [6.45, 7) is 4.00. The van der Waals surface area contributed by atoms with Crippen LogP contribution in [0.3, 0.4) is 0 Å². The van der Waals surface area contributed by atoms with Crippen LogP contribution in [0.15, 0.2) is 60.7 Å². The number of rotatable bonds is 12. The van der Waals surface area contributed by atoms with Gasteiger partial charge in [0, 0.05) is 27.2 Å². The lowest BCUT2D eigenvalue weighted by Crippen LogP contribution is -2.53. The molecule has 9 heteroatoms. The average molecular weight is 475 g/mol. The molecule has 0 heterocycles. The van der Waals surface area contributed by atoms with Crippen LogP contribution < -0.4 is 9.62 Å². The van der Waals surface area contributed by atoms with E-state index in [-0.39, 0.29) is 12.5 Å². The van der Waals surface area contributed by atoms with Crippen LogP contribution in [0.25, 0.3) is 0 Å². The molecule has 1 atom stereocenters. The van der Waals surface area contributed by atoms with Crippen molar-refractivity contribution in [3.05, 3.63) is 66.2 Å². The lowest BCUT2D eigenvalue weighted by Gasteiger charge is -2.32. The molecule has 0 aliphatic carbocycles. The highest BCUT2D eigenvalue weighted by Crippen LogP contribution is 2.20. The van der Waals surface area contributed by atoms with Gasteiger partial charge in [-0.25, -0.2) is 4.31 Å². The first-order valence-corrected chi connectivity index (χ1v) is 12.4. The van der Waals surface area contributed by atoms with E-state index in [0.717, 1.165) is 20.6 Å². The van der Waals surface area contributed by atoms with E-state index >= 15 is 0 Å². The van der Waals surface area contributed by atoms with Gasteiger partial charge in [0.2, 0.25) is 11.8 Å². The molecule has 0 fully saturated rings. The summed E-state index contributed by atoms with van der Waals surface area (Å²) in [5.74, 6) is -0.709. The van der Waals surface area contributed by atoms with Crippen molar-refractivity contribution in [2.75, 3.05) is 38.0 Å². The van der Waals surface area contributed by atoms with E-state index in [0.29, 0.717) is 18.7 Å². The lowest BCUT2D eigenvalue weighted by molar-refractivity contribution is -0.138. The number of anilines is 1. The molecule has 2 aromatic carbocycles. The molecule has 0 aromatic heterocycles. The number of benzene rings is 2. The first-order valence-electron chi connectivity index (χ1n) is 11.0. The van der Waals surface area contributed by atoms with Crippen molar-refractivity contribution < 1.29 is 18.0 Å². The maximum absolute atomic E-state index is 13.5. The monoisotopic (exact) mass is 474 g/mol. The Morgan fingerprint density at radius 3 is 2.09 bits per heavy atom. The third-order valence-electron chi connectivity index (χ3n) is 5.26. The van der Waals surface area contributed by atoms with Gasteiger partial charge in [-0.05, 0) is 37.5 Å². The van der Waals surface area contributed by atoms with E-state index in [2.05, 4.69) is 5.32 Å². The highest BCUT2D eigenvalue weighted by atomic mass is 32.2. The number of carbonyl (C=O) groups is 2. The van der Waals surface area contributed by atoms with Crippen LogP contribution in [0.2, 0.25) is 0 Å². The fourth-order valence-corrected chi connectivity index (χ4v) is 4.33. The van der Waals surface area contributed by atoms with Gasteiger partial charge < -0.3 is 10.2 Å². The predicted octanol–water partition coefficient (Wildman–Crippen LogP) is 2.29. The van der Waals surface area contributed by atoms with E-state index < -0.39 is 28.7 Å². The minimum absolute atomic E-state index is 0.264. The van der Waals surface area contributed by atoms with Crippen molar-refractivity contribution in [1.82, 2.24) is 14.5 Å². The average Bonchev–Trinajstić information content (AvgIpc) is 2.81. The second kappa shape index (κ2) is 12.4. The number of amides is 2. The Morgan fingerprint density at radius 2 is 1.55 bits per heavy atom. The van der Waals surface area contributed by atoms with Crippen LogP contribution in [-0.4, -0.2) is 69.2 Å². The third kappa shape index (κ3) is 7.30. The molecule has 0 aliphatic heterocycles. The fourth-order valence-electron chi connectivity index (χ4n) is 3.28. The van der Waals surface area contributed by atoms with E-state index in [9.17, 15) is 18.0 Å². The molecule has 0 saturated heterocycles. The van der Waals surface area contributed by atoms with Crippen LogP contribution in [0.5, 0.6) is 0 Å². The second-order valence-electron chi connectivity index (χ2n) is 7.92. The minimum atomic E-state index is -3.93. The van der Waals surface area contributed by atoms with Crippen molar-refractivity contribution in [2.45, 2.75) is 32.7 Å². The molecule has 0 spiro atoms. The van der Waals surface area contributed by atoms with Gasteiger partial charge in [0.15, 0.2) is 0 Å². The number of carbonyl (C=O) groups excluding carboxylic acids is 2. The highest BCUT2D eigenvalue weighted by molar-refractivity contribution is 7.90. The van der Waals surface area contributed by atoms with Gasteiger partial charge in [-0.2, -0.15) is 12.7 Å². The third-order valence-corrected chi connectivity index (χ3v) is 7.08. The number of nitrogens with one attached hydrogen (secondary N) is 1. The summed E-state index contributed by atoms with van der Waals surface area (Å²) in [4.78, 5) is 27.6. The number of nitrogens with zero attached hydrogens (tertiary/aromatic N) is 3. The molecule has 0 radical (unpaired) electrons. The minimum Gasteiger partial charge on any atom is -0.354 e. The first-order chi connectivity index (χ1) is 15.7. The van der Waals surface area contributed by atoms with Crippen LogP contribution >= 0.6 is 0 Å². The summed E-state index contributed by atoms with van der Waals surface area (Å²) in [7, 11) is -1.09. The highest BCUT2D eigenvalue weighted by Gasteiger charge is 2.32. The Balaban J connectivity index is 2.32. The largest absolute Gasteiger partial charge is 0.354 e. The molecule has 2 amide bonds. The molecule has 2 rings (SSSR count). The van der Waals surface area contributed by atoms with Gasteiger partial charge in [-0.15, -0.1) is 0 Å². The number of para-hydroxylation sites is 1. The SMILES string of the molecule is CCCNC(=O)[C@H](C)N(CCc1ccccc1)C(=O)CN(c1ccccc1)S(=O)(=O)N(C)C. The molecule has 0 aliphatic rings.